The SMILES string of the molecule is C[C@@H]1CCCCN1CCNc1cccc(S(C)(=O)=O)c1[N+](=O)[O-]. The molecule has 0 aromatic heterocycles. The first-order valence-corrected chi connectivity index (χ1v) is 9.65. The average molecular weight is 341 g/mol. The Morgan fingerprint density at radius 2 is 2.13 bits per heavy atom. The fourth-order valence-electron chi connectivity index (χ4n) is 2.98. The Morgan fingerprint density at radius 1 is 1.39 bits per heavy atom. The fourth-order valence-corrected chi connectivity index (χ4v) is 3.84. The Morgan fingerprint density at radius 3 is 2.74 bits per heavy atom. The molecular weight excluding hydrogens is 318 g/mol. The van der Waals surface area contributed by atoms with Crippen LogP contribution in [0.2, 0.25) is 0 Å². The van der Waals surface area contributed by atoms with Crippen molar-refractivity contribution in [3.8, 4) is 0 Å². The molecule has 7 nitrogen and oxygen atoms in total. The third-order valence-corrected chi connectivity index (χ3v) is 5.36. The molecule has 1 atom stereocenters. The zero-order valence-electron chi connectivity index (χ0n) is 13.5. The topological polar surface area (TPSA) is 92.6 Å². The first-order chi connectivity index (χ1) is 10.8. The molecule has 0 unspecified atom stereocenters. The molecule has 1 aliphatic heterocycles. The molecule has 0 saturated carbocycles. The van der Waals surface area contributed by atoms with Gasteiger partial charge in [-0.2, -0.15) is 0 Å². The zero-order valence-corrected chi connectivity index (χ0v) is 14.3. The predicted molar refractivity (Wildman–Crippen MR) is 89.6 cm³/mol. The quantitative estimate of drug-likeness (QED) is 0.630. The van der Waals surface area contributed by atoms with E-state index < -0.39 is 14.8 Å². The number of likely N-dealkylation sites (tertiary alicyclic amines) is 1. The fraction of sp³-hybridized carbons (Fsp3) is 0.600. The van der Waals surface area contributed by atoms with Gasteiger partial charge in [0, 0.05) is 25.4 Å². The second kappa shape index (κ2) is 7.27. The van der Waals surface area contributed by atoms with E-state index in [1.54, 1.807) is 6.07 Å². The van der Waals surface area contributed by atoms with Crippen LogP contribution < -0.4 is 5.32 Å². The molecule has 2 rings (SSSR count). The Kier molecular flexibility index (Phi) is 5.59. The van der Waals surface area contributed by atoms with Crippen LogP contribution in [0, 0.1) is 10.1 Å². The summed E-state index contributed by atoms with van der Waals surface area (Å²) in [6.45, 7) is 4.54. The molecule has 0 radical (unpaired) electrons. The third kappa shape index (κ3) is 4.42. The monoisotopic (exact) mass is 341 g/mol. The summed E-state index contributed by atoms with van der Waals surface area (Å²) < 4.78 is 23.5. The Bertz CT molecular complexity index is 675. The number of nitro groups is 1. The standard InChI is InChI=1S/C15H23N3O4S/c1-12-6-3-4-10-17(12)11-9-16-13-7-5-8-14(23(2,21)22)15(13)18(19)20/h5,7-8,12,16H,3-4,6,9-11H2,1-2H3/t12-/m1/s1. The van der Waals surface area contributed by atoms with Crippen molar-refractivity contribution in [2.45, 2.75) is 37.1 Å². The van der Waals surface area contributed by atoms with E-state index in [4.69, 9.17) is 0 Å². The van der Waals surface area contributed by atoms with Gasteiger partial charge in [0.15, 0.2) is 9.84 Å². The number of piperidine rings is 1. The van der Waals surface area contributed by atoms with Crippen molar-refractivity contribution in [2.24, 2.45) is 0 Å². The van der Waals surface area contributed by atoms with Gasteiger partial charge in [-0.25, -0.2) is 8.42 Å². The van der Waals surface area contributed by atoms with Gasteiger partial charge in [0.2, 0.25) is 0 Å². The van der Waals surface area contributed by atoms with Crippen molar-refractivity contribution in [3.63, 3.8) is 0 Å². The smallest absolute Gasteiger partial charge is 0.310 e. The van der Waals surface area contributed by atoms with Crippen molar-refractivity contribution in [1.82, 2.24) is 4.90 Å². The van der Waals surface area contributed by atoms with Crippen LogP contribution >= 0.6 is 0 Å². The molecule has 1 aliphatic rings. The molecule has 1 aromatic rings. The molecule has 0 amide bonds. The lowest BCUT2D eigenvalue weighted by atomic mass is 10.0. The van der Waals surface area contributed by atoms with Crippen LogP contribution in [0.25, 0.3) is 0 Å². The Balaban J connectivity index is 2.12. The molecule has 1 saturated heterocycles. The Labute approximate surface area is 136 Å². The minimum absolute atomic E-state index is 0.251. The van der Waals surface area contributed by atoms with Gasteiger partial charge in [-0.1, -0.05) is 12.5 Å². The van der Waals surface area contributed by atoms with Crippen LogP contribution in [0.5, 0.6) is 0 Å². The van der Waals surface area contributed by atoms with E-state index in [9.17, 15) is 18.5 Å². The van der Waals surface area contributed by atoms with E-state index in [0.717, 1.165) is 19.3 Å². The van der Waals surface area contributed by atoms with Gasteiger partial charge in [-0.3, -0.25) is 15.0 Å². The number of nitrogens with zero attached hydrogens (tertiary/aromatic N) is 2. The number of para-hydroxylation sites is 1. The first-order valence-electron chi connectivity index (χ1n) is 7.76. The molecule has 128 valence electrons. The van der Waals surface area contributed by atoms with Gasteiger partial charge in [0.25, 0.3) is 0 Å². The van der Waals surface area contributed by atoms with Crippen LogP contribution in [-0.4, -0.2) is 50.2 Å². The number of nitro benzene ring substituents is 1. The highest BCUT2D eigenvalue weighted by atomic mass is 32.2. The first kappa shape index (κ1) is 17.7. The molecule has 8 heteroatoms. The van der Waals surface area contributed by atoms with Gasteiger partial charge in [0.05, 0.1) is 4.92 Å². The molecule has 0 aliphatic carbocycles. The van der Waals surface area contributed by atoms with Crippen LogP contribution in [-0.2, 0) is 9.84 Å². The lowest BCUT2D eigenvalue weighted by Crippen LogP contribution is -2.40. The molecule has 1 heterocycles. The zero-order chi connectivity index (χ0) is 17.0. The predicted octanol–water partition coefficient (Wildman–Crippen LogP) is 2.28. The van der Waals surface area contributed by atoms with E-state index in [1.165, 1.54) is 31.4 Å². The molecule has 23 heavy (non-hydrogen) atoms. The highest BCUT2D eigenvalue weighted by Gasteiger charge is 2.26. The molecule has 0 spiro atoms. The van der Waals surface area contributed by atoms with Crippen molar-refractivity contribution in [1.29, 1.82) is 0 Å². The third-order valence-electron chi connectivity index (χ3n) is 4.24. The molecule has 0 bridgehead atoms. The summed E-state index contributed by atoms with van der Waals surface area (Å²) >= 11 is 0. The summed E-state index contributed by atoms with van der Waals surface area (Å²) in [6.07, 6.45) is 4.57. The van der Waals surface area contributed by atoms with Crippen LogP contribution in [0.15, 0.2) is 23.1 Å². The lowest BCUT2D eigenvalue weighted by molar-refractivity contribution is -0.386. The Hall–Kier alpha value is -1.67. The van der Waals surface area contributed by atoms with Gasteiger partial charge in [-0.05, 0) is 38.4 Å². The summed E-state index contributed by atoms with van der Waals surface area (Å²) in [7, 11) is -3.65. The summed E-state index contributed by atoms with van der Waals surface area (Å²) in [5, 5.41) is 14.3. The molecular formula is C15H23N3O4S. The van der Waals surface area contributed by atoms with E-state index in [0.29, 0.717) is 12.6 Å². The van der Waals surface area contributed by atoms with E-state index in [1.807, 2.05) is 0 Å². The normalized spacial score (nSPS) is 19.5. The minimum atomic E-state index is -3.65. The maximum Gasteiger partial charge on any atom is 0.310 e. The number of nitrogens with one attached hydrogen (secondary N) is 1. The van der Waals surface area contributed by atoms with Gasteiger partial charge >= 0.3 is 5.69 Å². The van der Waals surface area contributed by atoms with Crippen LogP contribution in [0.1, 0.15) is 26.2 Å². The van der Waals surface area contributed by atoms with E-state index in [2.05, 4.69) is 17.1 Å². The lowest BCUT2D eigenvalue weighted by Gasteiger charge is -2.33. The second-order valence-electron chi connectivity index (χ2n) is 5.99. The largest absolute Gasteiger partial charge is 0.378 e. The van der Waals surface area contributed by atoms with Gasteiger partial charge in [-0.15, -0.1) is 0 Å². The maximum absolute atomic E-state index is 11.7. The summed E-state index contributed by atoms with van der Waals surface area (Å²) in [6, 6.07) is 4.86. The number of benzene rings is 1. The maximum atomic E-state index is 11.7. The highest BCUT2D eigenvalue weighted by molar-refractivity contribution is 7.90. The van der Waals surface area contributed by atoms with Crippen molar-refractivity contribution in [3.05, 3.63) is 28.3 Å². The molecule has 1 aromatic carbocycles. The number of sulfone groups is 1. The number of anilines is 1. The van der Waals surface area contributed by atoms with Crippen molar-refractivity contribution < 1.29 is 13.3 Å². The van der Waals surface area contributed by atoms with Crippen LogP contribution in [0.4, 0.5) is 11.4 Å². The number of hydrogen-bond donors (Lipinski definition) is 1. The molecule has 1 N–H and O–H groups in total. The second-order valence-corrected chi connectivity index (χ2v) is 7.97. The van der Waals surface area contributed by atoms with Crippen molar-refractivity contribution in [2.75, 3.05) is 31.2 Å². The van der Waals surface area contributed by atoms with Gasteiger partial charge in [0.1, 0.15) is 10.6 Å². The summed E-state index contributed by atoms with van der Waals surface area (Å²) in [5.74, 6) is 0. The van der Waals surface area contributed by atoms with Crippen LogP contribution in [0.3, 0.4) is 0 Å². The average Bonchev–Trinajstić information content (AvgIpc) is 2.48. The number of hydrogen-bond acceptors (Lipinski definition) is 6. The summed E-state index contributed by atoms with van der Waals surface area (Å²) in [4.78, 5) is 12.8. The summed E-state index contributed by atoms with van der Waals surface area (Å²) in [5.41, 5.74) is -0.121. The van der Waals surface area contributed by atoms with Crippen molar-refractivity contribution >= 4 is 21.2 Å². The molecule has 1 fully saturated rings. The minimum Gasteiger partial charge on any atom is -0.378 e. The van der Waals surface area contributed by atoms with Gasteiger partial charge < -0.3 is 5.32 Å². The van der Waals surface area contributed by atoms with E-state index >= 15 is 0 Å². The highest BCUT2D eigenvalue weighted by Crippen LogP contribution is 2.31. The number of rotatable bonds is 6. The van der Waals surface area contributed by atoms with E-state index in [-0.39, 0.29) is 16.3 Å².